The van der Waals surface area contributed by atoms with Crippen molar-refractivity contribution in [1.29, 1.82) is 0 Å². The van der Waals surface area contributed by atoms with Crippen LogP contribution in [0.3, 0.4) is 0 Å². The minimum atomic E-state index is 0. The van der Waals surface area contributed by atoms with Crippen LogP contribution in [0.5, 0.6) is 0 Å². The molecule has 0 saturated carbocycles. The number of carbonyl (C=O) groups excluding carboxylic acids is 1. The minimum absolute atomic E-state index is 0. The van der Waals surface area contributed by atoms with Crippen LogP contribution in [-0.2, 0) is 71.8 Å². The fourth-order valence-corrected chi connectivity index (χ4v) is 1.40. The summed E-state index contributed by atoms with van der Waals surface area (Å²) in [4.78, 5) is 11.8. The Hall–Kier alpha value is 0.318. The molecule has 17 heavy (non-hydrogen) atoms. The standard InChI is InChI=1S/C14H10O.2Y/c15-14(13-9-5-2-6-10-13)11-12-7-3-1-4-8-12;;/h3-10H,11H2;;/q-2;;. The molecule has 0 aliphatic rings. The minimum Gasteiger partial charge on any atom is -0.296 e. The Morgan fingerprint density at radius 3 is 1.88 bits per heavy atom. The first-order valence-electron chi connectivity index (χ1n) is 4.80. The molecule has 2 aromatic carbocycles. The van der Waals surface area contributed by atoms with E-state index in [1.54, 1.807) is 24.3 Å². The van der Waals surface area contributed by atoms with Crippen LogP contribution in [0.2, 0.25) is 0 Å². The number of Topliss-reactive ketones (excluding diaryl/α,β-unsaturated/α-hetero) is 1. The molecule has 0 aliphatic heterocycles. The SMILES string of the molecule is O=C(Cc1cc[c-]cc1)c1cc[c-]cc1.[Y].[Y]. The third-order valence-corrected chi connectivity index (χ3v) is 2.19. The van der Waals surface area contributed by atoms with Crippen LogP contribution in [0.25, 0.3) is 0 Å². The summed E-state index contributed by atoms with van der Waals surface area (Å²) in [5.41, 5.74) is 1.76. The average Bonchev–Trinajstić information content (AvgIpc) is 2.31. The van der Waals surface area contributed by atoms with Crippen molar-refractivity contribution < 1.29 is 70.2 Å². The Balaban J connectivity index is 0.00000128. The Bertz CT molecular complexity index is 440. The summed E-state index contributed by atoms with van der Waals surface area (Å²) in [6.07, 6.45) is 0.443. The van der Waals surface area contributed by atoms with E-state index >= 15 is 0 Å². The molecule has 0 fully saturated rings. The van der Waals surface area contributed by atoms with Crippen molar-refractivity contribution in [2.45, 2.75) is 6.42 Å². The van der Waals surface area contributed by atoms with Gasteiger partial charge in [-0.25, -0.2) is 0 Å². The molecular formula is C14H10OY2-2. The molecule has 0 aliphatic carbocycles. The number of carbonyl (C=O) groups is 1. The first-order chi connectivity index (χ1) is 7.36. The van der Waals surface area contributed by atoms with Gasteiger partial charge in [-0.1, -0.05) is 5.56 Å². The molecular weight excluding hydrogens is 362 g/mol. The molecule has 0 amide bonds. The Labute approximate surface area is 152 Å². The van der Waals surface area contributed by atoms with Crippen LogP contribution in [0.1, 0.15) is 15.9 Å². The number of hydrogen-bond acceptors (Lipinski definition) is 1. The molecule has 0 bridgehead atoms. The van der Waals surface area contributed by atoms with Gasteiger partial charge in [0.15, 0.2) is 0 Å². The third-order valence-electron chi connectivity index (χ3n) is 2.19. The van der Waals surface area contributed by atoms with Gasteiger partial charge in [-0.05, 0) is 0 Å². The van der Waals surface area contributed by atoms with Gasteiger partial charge in [-0.2, -0.15) is 66.2 Å². The van der Waals surface area contributed by atoms with E-state index in [2.05, 4.69) is 12.1 Å². The van der Waals surface area contributed by atoms with Crippen molar-refractivity contribution in [1.82, 2.24) is 0 Å². The van der Waals surface area contributed by atoms with Crippen molar-refractivity contribution in [2.75, 3.05) is 0 Å². The zero-order chi connectivity index (χ0) is 10.5. The third kappa shape index (κ3) is 5.66. The molecule has 80 valence electrons. The van der Waals surface area contributed by atoms with Crippen LogP contribution < -0.4 is 0 Å². The molecule has 3 heteroatoms. The van der Waals surface area contributed by atoms with Gasteiger partial charge < -0.3 is 0 Å². The summed E-state index contributed by atoms with van der Waals surface area (Å²) < 4.78 is 0. The fraction of sp³-hybridized carbons (Fsp3) is 0.0714. The molecule has 2 radical (unpaired) electrons. The first-order valence-corrected chi connectivity index (χ1v) is 4.80. The Kier molecular flexibility index (Phi) is 9.45. The molecule has 0 N–H and O–H groups in total. The zero-order valence-corrected chi connectivity index (χ0v) is 15.1. The van der Waals surface area contributed by atoms with E-state index in [0.29, 0.717) is 6.42 Å². The van der Waals surface area contributed by atoms with Crippen LogP contribution in [-0.4, -0.2) is 5.78 Å². The second-order valence-corrected chi connectivity index (χ2v) is 3.30. The summed E-state index contributed by atoms with van der Waals surface area (Å²) in [6, 6.07) is 20.4. The normalized spacial score (nSPS) is 8.71. The van der Waals surface area contributed by atoms with Crippen molar-refractivity contribution in [3.8, 4) is 0 Å². The van der Waals surface area contributed by atoms with E-state index in [4.69, 9.17) is 0 Å². The van der Waals surface area contributed by atoms with E-state index in [0.717, 1.165) is 11.1 Å². The molecule has 0 atom stereocenters. The quantitative estimate of drug-likeness (QED) is 0.599. The van der Waals surface area contributed by atoms with Crippen LogP contribution >= 0.6 is 0 Å². The summed E-state index contributed by atoms with van der Waals surface area (Å²) in [7, 11) is 0. The summed E-state index contributed by atoms with van der Waals surface area (Å²) in [5.74, 6) is 0.134. The fourth-order valence-electron chi connectivity index (χ4n) is 1.40. The predicted octanol–water partition coefficient (Wildman–Crippen LogP) is 2.71. The van der Waals surface area contributed by atoms with Gasteiger partial charge in [-0.3, -0.25) is 4.79 Å². The summed E-state index contributed by atoms with van der Waals surface area (Å²) in [6.45, 7) is 0. The van der Waals surface area contributed by atoms with E-state index < -0.39 is 0 Å². The first kappa shape index (κ1) is 17.3. The Morgan fingerprint density at radius 1 is 0.882 bits per heavy atom. The number of ketones is 1. The van der Waals surface area contributed by atoms with Crippen molar-refractivity contribution in [3.63, 3.8) is 0 Å². The van der Waals surface area contributed by atoms with Crippen molar-refractivity contribution in [2.24, 2.45) is 0 Å². The van der Waals surface area contributed by atoms with E-state index in [1.807, 2.05) is 24.3 Å². The van der Waals surface area contributed by atoms with E-state index in [9.17, 15) is 4.79 Å². The maximum Gasteiger partial charge on any atom is 0.141 e. The monoisotopic (exact) mass is 372 g/mol. The van der Waals surface area contributed by atoms with E-state index in [1.165, 1.54) is 0 Å². The molecule has 0 aromatic heterocycles. The second kappa shape index (κ2) is 9.27. The molecule has 0 spiro atoms. The van der Waals surface area contributed by atoms with Gasteiger partial charge in [0, 0.05) is 71.8 Å². The largest absolute Gasteiger partial charge is 0.296 e. The van der Waals surface area contributed by atoms with Crippen LogP contribution in [0.4, 0.5) is 0 Å². The van der Waals surface area contributed by atoms with Crippen molar-refractivity contribution >= 4 is 5.78 Å². The smallest absolute Gasteiger partial charge is 0.141 e. The topological polar surface area (TPSA) is 17.1 Å². The van der Waals surface area contributed by atoms with Gasteiger partial charge in [0.2, 0.25) is 0 Å². The van der Waals surface area contributed by atoms with Gasteiger partial charge in [-0.15, -0.1) is 0 Å². The average molecular weight is 372 g/mol. The van der Waals surface area contributed by atoms with Gasteiger partial charge >= 0.3 is 0 Å². The molecule has 0 heterocycles. The van der Waals surface area contributed by atoms with Crippen LogP contribution in [0.15, 0.2) is 48.5 Å². The molecule has 0 unspecified atom stereocenters. The number of benzene rings is 2. The molecule has 2 rings (SSSR count). The van der Waals surface area contributed by atoms with Crippen LogP contribution in [0, 0.1) is 12.1 Å². The maximum absolute atomic E-state index is 11.8. The zero-order valence-electron chi connectivity index (χ0n) is 9.39. The van der Waals surface area contributed by atoms with Gasteiger partial charge in [0.1, 0.15) is 5.78 Å². The molecule has 0 saturated heterocycles. The number of rotatable bonds is 3. The van der Waals surface area contributed by atoms with Gasteiger partial charge in [0.25, 0.3) is 0 Å². The predicted molar refractivity (Wildman–Crippen MR) is 58.6 cm³/mol. The molecule has 2 aromatic rings. The van der Waals surface area contributed by atoms with Gasteiger partial charge in [0.05, 0.1) is 0 Å². The number of hydrogen-bond donors (Lipinski definition) is 0. The van der Waals surface area contributed by atoms with Crippen molar-refractivity contribution in [3.05, 3.63) is 71.8 Å². The summed E-state index contributed by atoms with van der Waals surface area (Å²) in [5, 5.41) is 0. The summed E-state index contributed by atoms with van der Waals surface area (Å²) >= 11 is 0. The Morgan fingerprint density at radius 2 is 1.35 bits per heavy atom. The van der Waals surface area contributed by atoms with E-state index in [-0.39, 0.29) is 71.2 Å². The maximum atomic E-state index is 11.8. The second-order valence-electron chi connectivity index (χ2n) is 3.30. The molecule has 1 nitrogen and oxygen atoms in total.